The topological polar surface area (TPSA) is 127 Å². The zero-order valence-electron chi connectivity index (χ0n) is 21.1. The van der Waals surface area contributed by atoms with Crippen LogP contribution in [0.3, 0.4) is 0 Å². The molecule has 3 aromatic heterocycles. The van der Waals surface area contributed by atoms with Gasteiger partial charge in [0.25, 0.3) is 5.56 Å². The minimum Gasteiger partial charge on any atom is -0.318 e. The lowest BCUT2D eigenvalue weighted by molar-refractivity contribution is 0.650. The number of aryl methyl sites for hydroxylation is 2. The van der Waals surface area contributed by atoms with Gasteiger partial charge in [0.05, 0.1) is 0 Å². The Labute approximate surface area is 213 Å². The lowest BCUT2D eigenvalue weighted by Crippen LogP contribution is -2.31. The van der Waals surface area contributed by atoms with Gasteiger partial charge in [-0.05, 0) is 34.7 Å². The quantitative estimate of drug-likeness (QED) is 0.281. The maximum absolute atomic E-state index is 13.0. The van der Waals surface area contributed by atoms with Crippen LogP contribution in [0.15, 0.2) is 58.1 Å². The maximum atomic E-state index is 13.0. The lowest BCUT2D eigenvalue weighted by atomic mass is 9.98. The summed E-state index contributed by atoms with van der Waals surface area (Å²) in [6.45, 7) is 5.15. The lowest BCUT2D eigenvalue weighted by Gasteiger charge is -2.11. The molecule has 0 radical (unpaired) electrons. The van der Waals surface area contributed by atoms with Crippen LogP contribution in [0.2, 0.25) is 0 Å². The van der Waals surface area contributed by atoms with Crippen molar-refractivity contribution in [2.75, 3.05) is 0 Å². The molecule has 0 spiro atoms. The Morgan fingerprint density at radius 2 is 1.68 bits per heavy atom. The predicted octanol–water partition coefficient (Wildman–Crippen LogP) is 3.92. The third-order valence-corrected chi connectivity index (χ3v) is 6.53. The highest BCUT2D eigenvalue weighted by molar-refractivity contribution is 5.80. The van der Waals surface area contributed by atoms with Crippen molar-refractivity contribution in [3.63, 3.8) is 0 Å². The van der Waals surface area contributed by atoms with E-state index in [4.69, 9.17) is 4.98 Å². The van der Waals surface area contributed by atoms with Gasteiger partial charge in [0.1, 0.15) is 5.82 Å². The SMILES string of the molecule is CCCCCc1nc2c(c(=O)[nH]c(=O)n2CCC)n1Cc1ccc(-c2ccccc2-c2nn[nH]n2)cc1. The molecule has 2 N–H and O–H groups in total. The van der Waals surface area contributed by atoms with Gasteiger partial charge in [-0.3, -0.25) is 14.3 Å². The average Bonchev–Trinajstić information content (AvgIpc) is 3.56. The van der Waals surface area contributed by atoms with Crippen molar-refractivity contribution in [1.29, 1.82) is 0 Å². The fraction of sp³-hybridized carbons (Fsp3) is 0.333. The van der Waals surface area contributed by atoms with Crippen LogP contribution in [0.1, 0.15) is 50.9 Å². The van der Waals surface area contributed by atoms with E-state index in [0.717, 1.165) is 60.2 Å². The normalized spacial score (nSPS) is 11.4. The summed E-state index contributed by atoms with van der Waals surface area (Å²) in [5.41, 5.74) is 4.06. The number of fused-ring (bicyclic) bond motifs is 1. The molecule has 0 bridgehead atoms. The van der Waals surface area contributed by atoms with Crippen LogP contribution in [0.4, 0.5) is 0 Å². The Hall–Kier alpha value is -4.34. The van der Waals surface area contributed by atoms with E-state index in [1.54, 1.807) is 4.57 Å². The van der Waals surface area contributed by atoms with Crippen LogP contribution in [0.25, 0.3) is 33.7 Å². The van der Waals surface area contributed by atoms with Gasteiger partial charge in [0.15, 0.2) is 11.2 Å². The van der Waals surface area contributed by atoms with Gasteiger partial charge in [-0.1, -0.05) is 75.2 Å². The molecule has 0 unspecified atom stereocenters. The van der Waals surface area contributed by atoms with Crippen LogP contribution < -0.4 is 11.2 Å². The van der Waals surface area contributed by atoms with Crippen molar-refractivity contribution in [3.8, 4) is 22.5 Å². The Bertz CT molecular complexity index is 1610. The molecule has 0 amide bonds. The summed E-state index contributed by atoms with van der Waals surface area (Å²) < 4.78 is 3.55. The summed E-state index contributed by atoms with van der Waals surface area (Å²) in [6, 6.07) is 16.2. The molecule has 0 aliphatic rings. The standard InChI is InChI=1S/C27H30N8O2/c1-3-5-6-11-22-28-25-23(26(36)29-27(37)34(25)16-4-2)35(22)17-18-12-14-19(15-13-18)20-9-7-8-10-21(20)24-30-32-33-31-24/h7-10,12-15H,3-6,11,16-17H2,1-2H3,(H,29,36,37)(H,30,31,32,33). The Balaban J connectivity index is 1.53. The Morgan fingerprint density at radius 3 is 2.38 bits per heavy atom. The third-order valence-electron chi connectivity index (χ3n) is 6.53. The monoisotopic (exact) mass is 498 g/mol. The molecule has 0 atom stereocenters. The molecule has 5 aromatic rings. The fourth-order valence-electron chi connectivity index (χ4n) is 4.72. The first-order chi connectivity index (χ1) is 18.1. The molecule has 0 fully saturated rings. The summed E-state index contributed by atoms with van der Waals surface area (Å²) in [7, 11) is 0. The van der Waals surface area contributed by atoms with Crippen LogP contribution in [-0.2, 0) is 19.5 Å². The molecule has 10 nitrogen and oxygen atoms in total. The molecule has 0 aliphatic heterocycles. The van der Waals surface area contributed by atoms with Crippen molar-refractivity contribution in [1.82, 2.24) is 39.7 Å². The second-order valence-electron chi connectivity index (χ2n) is 9.13. The number of nitrogens with zero attached hydrogens (tertiary/aromatic N) is 6. The first-order valence-corrected chi connectivity index (χ1v) is 12.7. The number of unbranched alkanes of at least 4 members (excludes halogenated alkanes) is 2. The van der Waals surface area contributed by atoms with Gasteiger partial charge in [0.2, 0.25) is 5.82 Å². The van der Waals surface area contributed by atoms with Gasteiger partial charge >= 0.3 is 5.69 Å². The highest BCUT2D eigenvalue weighted by atomic mass is 16.2. The van der Waals surface area contributed by atoms with Gasteiger partial charge in [-0.2, -0.15) is 5.21 Å². The smallest absolute Gasteiger partial charge is 0.318 e. The summed E-state index contributed by atoms with van der Waals surface area (Å²) >= 11 is 0. The van der Waals surface area contributed by atoms with E-state index < -0.39 is 11.2 Å². The van der Waals surface area contributed by atoms with E-state index in [-0.39, 0.29) is 0 Å². The number of rotatable bonds is 10. The highest BCUT2D eigenvalue weighted by Gasteiger charge is 2.19. The minimum atomic E-state index is -0.409. The number of nitrogens with one attached hydrogen (secondary N) is 2. The molecule has 0 aliphatic carbocycles. The van der Waals surface area contributed by atoms with E-state index in [2.05, 4.69) is 56.8 Å². The first kappa shape index (κ1) is 24.4. The van der Waals surface area contributed by atoms with E-state index in [1.165, 1.54) is 0 Å². The Kier molecular flexibility index (Phi) is 7.07. The second-order valence-corrected chi connectivity index (χ2v) is 9.13. The molecule has 2 aromatic carbocycles. The number of hydrogen-bond acceptors (Lipinski definition) is 6. The second kappa shape index (κ2) is 10.7. The van der Waals surface area contributed by atoms with E-state index >= 15 is 0 Å². The molecule has 10 heteroatoms. The van der Waals surface area contributed by atoms with Crippen LogP contribution >= 0.6 is 0 Å². The number of aromatic amines is 2. The molecular weight excluding hydrogens is 468 g/mol. The largest absolute Gasteiger partial charge is 0.330 e. The van der Waals surface area contributed by atoms with Crippen molar-refractivity contribution in [2.45, 2.75) is 59.0 Å². The van der Waals surface area contributed by atoms with Crippen molar-refractivity contribution < 1.29 is 0 Å². The maximum Gasteiger partial charge on any atom is 0.330 e. The molecule has 5 rings (SSSR count). The number of tetrazole rings is 1. The van der Waals surface area contributed by atoms with Crippen LogP contribution in [-0.4, -0.2) is 39.7 Å². The minimum absolute atomic E-state index is 0.396. The molecule has 190 valence electrons. The number of H-pyrrole nitrogens is 2. The molecule has 0 saturated carbocycles. The molecule has 0 saturated heterocycles. The molecule has 3 heterocycles. The van der Waals surface area contributed by atoms with E-state index in [0.29, 0.717) is 30.1 Å². The third kappa shape index (κ3) is 4.87. The van der Waals surface area contributed by atoms with Gasteiger partial charge in [0, 0.05) is 25.1 Å². The average molecular weight is 499 g/mol. The Morgan fingerprint density at radius 1 is 0.892 bits per heavy atom. The molecule has 37 heavy (non-hydrogen) atoms. The summed E-state index contributed by atoms with van der Waals surface area (Å²) in [5, 5.41) is 14.5. The number of benzene rings is 2. The van der Waals surface area contributed by atoms with E-state index in [1.807, 2.05) is 35.8 Å². The van der Waals surface area contributed by atoms with Gasteiger partial charge in [-0.15, -0.1) is 10.2 Å². The van der Waals surface area contributed by atoms with Crippen molar-refractivity contribution in [3.05, 3.63) is 80.8 Å². The highest BCUT2D eigenvalue weighted by Crippen LogP contribution is 2.30. The summed E-state index contributed by atoms with van der Waals surface area (Å²) in [6.07, 6.45) is 4.66. The van der Waals surface area contributed by atoms with Crippen molar-refractivity contribution >= 4 is 11.2 Å². The number of imidazole rings is 1. The fourth-order valence-corrected chi connectivity index (χ4v) is 4.72. The number of hydrogen-bond donors (Lipinski definition) is 2. The van der Waals surface area contributed by atoms with Gasteiger partial charge < -0.3 is 4.57 Å². The number of aromatic nitrogens is 8. The van der Waals surface area contributed by atoms with E-state index in [9.17, 15) is 9.59 Å². The van der Waals surface area contributed by atoms with Crippen LogP contribution in [0, 0.1) is 0 Å². The first-order valence-electron chi connectivity index (χ1n) is 12.7. The van der Waals surface area contributed by atoms with Crippen molar-refractivity contribution in [2.24, 2.45) is 0 Å². The zero-order valence-corrected chi connectivity index (χ0v) is 21.1. The zero-order chi connectivity index (χ0) is 25.8. The summed E-state index contributed by atoms with van der Waals surface area (Å²) in [5.74, 6) is 1.37. The molecular formula is C27H30N8O2. The van der Waals surface area contributed by atoms with Gasteiger partial charge in [-0.25, -0.2) is 9.78 Å². The predicted molar refractivity (Wildman–Crippen MR) is 142 cm³/mol. The van der Waals surface area contributed by atoms with Crippen LogP contribution in [0.5, 0.6) is 0 Å². The summed E-state index contributed by atoms with van der Waals surface area (Å²) in [4.78, 5) is 32.8.